The van der Waals surface area contributed by atoms with Crippen LogP contribution in [0.25, 0.3) is 0 Å². The first-order valence-corrected chi connectivity index (χ1v) is 10.2. The van der Waals surface area contributed by atoms with Crippen LogP contribution < -0.4 is 10.6 Å². The molecule has 0 atom stereocenters. The van der Waals surface area contributed by atoms with E-state index in [1.54, 1.807) is 0 Å². The molecule has 1 aliphatic carbocycles. The summed E-state index contributed by atoms with van der Waals surface area (Å²) in [5, 5.41) is 6.88. The summed E-state index contributed by atoms with van der Waals surface area (Å²) in [5.74, 6) is 4.21. The highest BCUT2D eigenvalue weighted by molar-refractivity contribution is 14.0. The number of hydrogen-bond donors (Lipinski definition) is 2. The predicted molar refractivity (Wildman–Crippen MR) is 114 cm³/mol. The lowest BCUT2D eigenvalue weighted by Gasteiger charge is -2.42. The Balaban J connectivity index is 0.00000264. The molecule has 2 N–H and O–H groups in total. The molecule has 2 aliphatic rings. The molecular weight excluding hydrogens is 419 g/mol. The molecule has 1 saturated carbocycles. The zero-order valence-electron chi connectivity index (χ0n) is 15.1. The van der Waals surface area contributed by atoms with Gasteiger partial charge in [-0.2, -0.15) is 11.8 Å². The predicted octanol–water partition coefficient (Wildman–Crippen LogP) is 3.18. The van der Waals surface area contributed by atoms with Crippen molar-refractivity contribution < 1.29 is 0 Å². The molecular formula is C17H35IN4S. The number of nitrogens with zero attached hydrogens (tertiary/aromatic N) is 2. The van der Waals surface area contributed by atoms with Gasteiger partial charge in [0.2, 0.25) is 0 Å². The van der Waals surface area contributed by atoms with E-state index in [2.05, 4.69) is 48.1 Å². The molecule has 4 nitrogen and oxygen atoms in total. The summed E-state index contributed by atoms with van der Waals surface area (Å²) in [7, 11) is 0. The first-order chi connectivity index (χ1) is 10.7. The van der Waals surface area contributed by atoms with Crippen molar-refractivity contribution in [3.63, 3.8) is 0 Å². The molecule has 0 bridgehead atoms. The van der Waals surface area contributed by atoms with Crippen LogP contribution in [0.5, 0.6) is 0 Å². The zero-order valence-corrected chi connectivity index (χ0v) is 18.2. The van der Waals surface area contributed by atoms with Crippen molar-refractivity contribution >= 4 is 41.7 Å². The van der Waals surface area contributed by atoms with Crippen LogP contribution in [-0.2, 0) is 0 Å². The van der Waals surface area contributed by atoms with Gasteiger partial charge in [-0.1, -0.05) is 26.7 Å². The van der Waals surface area contributed by atoms with Crippen molar-refractivity contribution in [2.75, 3.05) is 44.2 Å². The second-order valence-electron chi connectivity index (χ2n) is 7.00. The number of nitrogens with one attached hydrogen (secondary N) is 2. The third-order valence-corrected chi connectivity index (χ3v) is 5.71. The van der Waals surface area contributed by atoms with Crippen molar-refractivity contribution in [2.24, 2.45) is 10.9 Å². The average molecular weight is 454 g/mol. The maximum Gasteiger partial charge on any atom is 0.191 e. The van der Waals surface area contributed by atoms with E-state index in [9.17, 15) is 0 Å². The van der Waals surface area contributed by atoms with Gasteiger partial charge in [-0.05, 0) is 25.7 Å². The van der Waals surface area contributed by atoms with Gasteiger partial charge in [0.05, 0.1) is 6.54 Å². The molecule has 1 saturated heterocycles. The number of aliphatic imine (C=N–C) groups is 1. The lowest BCUT2D eigenvalue weighted by atomic mass is 9.95. The van der Waals surface area contributed by atoms with Gasteiger partial charge in [0.1, 0.15) is 0 Å². The fraction of sp³-hybridized carbons (Fsp3) is 0.941. The quantitative estimate of drug-likeness (QED) is 0.368. The summed E-state index contributed by atoms with van der Waals surface area (Å²) in [6.07, 6.45) is 5.39. The van der Waals surface area contributed by atoms with Gasteiger partial charge in [-0.25, -0.2) is 0 Å². The smallest absolute Gasteiger partial charge is 0.191 e. The van der Waals surface area contributed by atoms with Gasteiger partial charge in [-0.3, -0.25) is 9.89 Å². The third-order valence-electron chi connectivity index (χ3n) is 4.77. The highest BCUT2D eigenvalue weighted by Gasteiger charge is 2.39. The van der Waals surface area contributed by atoms with Gasteiger partial charge in [0.15, 0.2) is 5.96 Å². The highest BCUT2D eigenvalue weighted by atomic mass is 127. The summed E-state index contributed by atoms with van der Waals surface area (Å²) < 4.78 is 0. The van der Waals surface area contributed by atoms with Gasteiger partial charge in [0, 0.05) is 43.2 Å². The van der Waals surface area contributed by atoms with Crippen LogP contribution in [0.3, 0.4) is 0 Å². The Labute approximate surface area is 164 Å². The number of hydrogen-bond acceptors (Lipinski definition) is 3. The standard InChI is InChI=1S/C17H34N4S.HI/c1-4-18-16(19-13-15(2)3)20-14-17(7-5-6-8-17)21-9-11-22-12-10-21;/h15H,4-14H2,1-3H3,(H2,18,19,20);1H. The average Bonchev–Trinajstić information content (AvgIpc) is 3.01. The molecule has 1 aliphatic heterocycles. The van der Waals surface area contributed by atoms with Gasteiger partial charge < -0.3 is 10.6 Å². The lowest BCUT2D eigenvalue weighted by Crippen LogP contribution is -2.53. The first-order valence-electron chi connectivity index (χ1n) is 9.01. The summed E-state index contributed by atoms with van der Waals surface area (Å²) in [6.45, 7) is 12.0. The Morgan fingerprint density at radius 3 is 2.39 bits per heavy atom. The molecule has 136 valence electrons. The minimum atomic E-state index is 0. The number of rotatable bonds is 6. The molecule has 0 unspecified atom stereocenters. The third kappa shape index (κ3) is 6.61. The largest absolute Gasteiger partial charge is 0.357 e. The van der Waals surface area contributed by atoms with Crippen molar-refractivity contribution in [1.82, 2.24) is 15.5 Å². The SMILES string of the molecule is CCNC(=NCC1(N2CCSCC2)CCCC1)NCC(C)C.I. The minimum Gasteiger partial charge on any atom is -0.357 e. The zero-order chi connectivity index (χ0) is 15.8. The highest BCUT2D eigenvalue weighted by Crippen LogP contribution is 2.37. The summed E-state index contributed by atoms with van der Waals surface area (Å²) in [5.41, 5.74) is 0.334. The second kappa shape index (κ2) is 11.0. The van der Waals surface area contributed by atoms with Crippen LogP contribution in [0.1, 0.15) is 46.5 Å². The van der Waals surface area contributed by atoms with Crippen LogP contribution in [0.4, 0.5) is 0 Å². The maximum absolute atomic E-state index is 4.96. The second-order valence-corrected chi connectivity index (χ2v) is 8.23. The molecule has 0 radical (unpaired) electrons. The van der Waals surface area contributed by atoms with Crippen LogP contribution in [0.15, 0.2) is 4.99 Å². The van der Waals surface area contributed by atoms with Crippen LogP contribution in [-0.4, -0.2) is 60.6 Å². The summed E-state index contributed by atoms with van der Waals surface area (Å²) >= 11 is 2.10. The summed E-state index contributed by atoms with van der Waals surface area (Å²) in [6, 6.07) is 0. The molecule has 0 amide bonds. The molecule has 23 heavy (non-hydrogen) atoms. The van der Waals surface area contributed by atoms with Crippen molar-refractivity contribution in [3.05, 3.63) is 0 Å². The molecule has 1 heterocycles. The van der Waals surface area contributed by atoms with Crippen molar-refractivity contribution in [3.8, 4) is 0 Å². The van der Waals surface area contributed by atoms with Crippen LogP contribution in [0, 0.1) is 5.92 Å². The van der Waals surface area contributed by atoms with E-state index in [0.29, 0.717) is 11.5 Å². The molecule has 2 fully saturated rings. The van der Waals surface area contributed by atoms with Crippen LogP contribution in [0.2, 0.25) is 0 Å². The lowest BCUT2D eigenvalue weighted by molar-refractivity contribution is 0.112. The number of guanidine groups is 1. The molecule has 0 aromatic carbocycles. The molecule has 6 heteroatoms. The Hall–Kier alpha value is 0.310. The van der Waals surface area contributed by atoms with Gasteiger partial charge in [-0.15, -0.1) is 24.0 Å². The van der Waals surface area contributed by atoms with Crippen molar-refractivity contribution in [1.29, 1.82) is 0 Å². The number of thioether (sulfide) groups is 1. The van der Waals surface area contributed by atoms with E-state index in [4.69, 9.17) is 4.99 Å². The van der Waals surface area contributed by atoms with E-state index in [-0.39, 0.29) is 24.0 Å². The Morgan fingerprint density at radius 2 is 1.83 bits per heavy atom. The van der Waals surface area contributed by atoms with E-state index in [1.807, 2.05) is 0 Å². The summed E-state index contributed by atoms with van der Waals surface area (Å²) in [4.78, 5) is 7.70. The minimum absolute atomic E-state index is 0. The van der Waals surface area contributed by atoms with Crippen LogP contribution >= 0.6 is 35.7 Å². The van der Waals surface area contributed by atoms with Gasteiger partial charge >= 0.3 is 0 Å². The molecule has 0 aromatic rings. The van der Waals surface area contributed by atoms with Crippen molar-refractivity contribution in [2.45, 2.75) is 52.0 Å². The van der Waals surface area contributed by atoms with E-state index in [1.165, 1.54) is 50.3 Å². The van der Waals surface area contributed by atoms with E-state index >= 15 is 0 Å². The molecule has 2 rings (SSSR count). The fourth-order valence-corrected chi connectivity index (χ4v) is 4.42. The molecule has 0 aromatic heterocycles. The van der Waals surface area contributed by atoms with Gasteiger partial charge in [0.25, 0.3) is 0 Å². The Kier molecular flexibility index (Phi) is 10.2. The fourth-order valence-electron chi connectivity index (χ4n) is 3.51. The Bertz CT molecular complexity index is 351. The van der Waals surface area contributed by atoms with E-state index in [0.717, 1.165) is 25.6 Å². The first kappa shape index (κ1) is 21.4. The molecule has 0 spiro atoms. The monoisotopic (exact) mass is 454 g/mol. The maximum atomic E-state index is 4.96. The Morgan fingerprint density at radius 1 is 1.17 bits per heavy atom. The topological polar surface area (TPSA) is 39.7 Å². The van der Waals surface area contributed by atoms with E-state index < -0.39 is 0 Å². The number of halogens is 1. The normalized spacial score (nSPS) is 22.0.